The van der Waals surface area contributed by atoms with Gasteiger partial charge in [-0.25, -0.2) is 4.98 Å². The molecule has 1 aromatic heterocycles. The van der Waals surface area contributed by atoms with Gasteiger partial charge in [0.25, 0.3) is 0 Å². The molecule has 3 rings (SSSR count). The van der Waals surface area contributed by atoms with Crippen LogP contribution in [0.4, 0.5) is 5.69 Å². The van der Waals surface area contributed by atoms with Crippen LogP contribution in [-0.2, 0) is 11.2 Å². The number of anilines is 1. The first kappa shape index (κ1) is 15.1. The lowest BCUT2D eigenvalue weighted by Gasteiger charge is -2.11. The molecule has 0 aliphatic rings. The van der Waals surface area contributed by atoms with Crippen molar-refractivity contribution in [3.63, 3.8) is 0 Å². The number of aryl methyl sites for hydroxylation is 1. The van der Waals surface area contributed by atoms with Crippen LogP contribution in [0.5, 0.6) is 5.75 Å². The number of aromatic amines is 1. The Bertz CT molecular complexity index is 839. The lowest BCUT2D eigenvalue weighted by molar-refractivity contribution is -0.115. The molecular formula is C18H19N3O2. The molecule has 0 radical (unpaired) electrons. The van der Waals surface area contributed by atoms with Crippen molar-refractivity contribution in [1.29, 1.82) is 0 Å². The standard InChI is InChI=1S/C18H19N3O2/c1-3-23-17-7-5-4-6-15(17)21-18(22)11-13-8-9-14-16(10-13)20-12(2)19-14/h4-10H,3,11H2,1-2H3,(H,19,20)(H,21,22). The van der Waals surface area contributed by atoms with Crippen LogP contribution in [0.15, 0.2) is 42.5 Å². The van der Waals surface area contributed by atoms with Crippen molar-refractivity contribution in [2.75, 3.05) is 11.9 Å². The zero-order valence-electron chi connectivity index (χ0n) is 13.2. The maximum absolute atomic E-state index is 12.3. The molecule has 0 saturated carbocycles. The molecule has 2 aromatic carbocycles. The second-order valence-electron chi connectivity index (χ2n) is 5.33. The molecule has 0 saturated heterocycles. The molecule has 0 aliphatic heterocycles. The number of hydrogen-bond donors (Lipinski definition) is 2. The van der Waals surface area contributed by atoms with Crippen molar-refractivity contribution in [3.05, 3.63) is 53.9 Å². The minimum Gasteiger partial charge on any atom is -0.492 e. The molecular weight excluding hydrogens is 290 g/mol. The van der Waals surface area contributed by atoms with E-state index in [9.17, 15) is 4.79 Å². The van der Waals surface area contributed by atoms with Gasteiger partial charge in [0, 0.05) is 0 Å². The van der Waals surface area contributed by atoms with E-state index in [1.54, 1.807) is 0 Å². The van der Waals surface area contributed by atoms with Crippen LogP contribution < -0.4 is 10.1 Å². The minimum absolute atomic E-state index is 0.0762. The maximum Gasteiger partial charge on any atom is 0.228 e. The number of ether oxygens (including phenoxy) is 1. The number of carbonyl (C=O) groups is 1. The molecule has 23 heavy (non-hydrogen) atoms. The summed E-state index contributed by atoms with van der Waals surface area (Å²) in [7, 11) is 0. The summed E-state index contributed by atoms with van der Waals surface area (Å²) in [6.07, 6.45) is 0.300. The fourth-order valence-corrected chi connectivity index (χ4v) is 2.53. The van der Waals surface area contributed by atoms with Crippen LogP contribution in [0.2, 0.25) is 0 Å². The summed E-state index contributed by atoms with van der Waals surface area (Å²) in [5, 5.41) is 2.91. The molecule has 0 unspecified atom stereocenters. The molecule has 0 bridgehead atoms. The Kier molecular flexibility index (Phi) is 4.28. The number of aromatic nitrogens is 2. The van der Waals surface area contributed by atoms with Gasteiger partial charge in [-0.1, -0.05) is 18.2 Å². The average Bonchev–Trinajstić information content (AvgIpc) is 2.89. The van der Waals surface area contributed by atoms with Crippen molar-refractivity contribution in [1.82, 2.24) is 9.97 Å². The second-order valence-corrected chi connectivity index (χ2v) is 5.33. The number of nitrogens with zero attached hydrogens (tertiary/aromatic N) is 1. The van der Waals surface area contributed by atoms with E-state index < -0.39 is 0 Å². The summed E-state index contributed by atoms with van der Waals surface area (Å²) < 4.78 is 5.52. The predicted molar refractivity (Wildman–Crippen MR) is 90.8 cm³/mol. The highest BCUT2D eigenvalue weighted by atomic mass is 16.5. The maximum atomic E-state index is 12.3. The first-order valence-electron chi connectivity index (χ1n) is 7.62. The summed E-state index contributed by atoms with van der Waals surface area (Å²) in [6.45, 7) is 4.39. The Balaban J connectivity index is 1.73. The largest absolute Gasteiger partial charge is 0.492 e. The quantitative estimate of drug-likeness (QED) is 0.758. The van der Waals surface area contributed by atoms with Crippen molar-refractivity contribution >= 4 is 22.6 Å². The minimum atomic E-state index is -0.0762. The smallest absolute Gasteiger partial charge is 0.228 e. The fourth-order valence-electron chi connectivity index (χ4n) is 2.53. The van der Waals surface area contributed by atoms with Gasteiger partial charge in [-0.15, -0.1) is 0 Å². The Hall–Kier alpha value is -2.82. The van der Waals surface area contributed by atoms with Crippen molar-refractivity contribution in [3.8, 4) is 5.75 Å². The topological polar surface area (TPSA) is 67.0 Å². The molecule has 3 aromatic rings. The first-order valence-corrected chi connectivity index (χ1v) is 7.62. The van der Waals surface area contributed by atoms with Crippen LogP contribution in [0.25, 0.3) is 11.0 Å². The van der Waals surface area contributed by atoms with Crippen LogP contribution in [-0.4, -0.2) is 22.5 Å². The first-order chi connectivity index (χ1) is 11.2. The van der Waals surface area contributed by atoms with Crippen molar-refractivity contribution in [2.24, 2.45) is 0 Å². The molecule has 0 atom stereocenters. The van der Waals surface area contributed by atoms with Gasteiger partial charge in [0.15, 0.2) is 0 Å². The van der Waals surface area contributed by atoms with Gasteiger partial charge in [0.2, 0.25) is 5.91 Å². The predicted octanol–water partition coefficient (Wildman–Crippen LogP) is 3.45. The SMILES string of the molecule is CCOc1ccccc1NC(=O)Cc1ccc2nc(C)[nH]c2c1. The Morgan fingerprint density at radius 3 is 2.91 bits per heavy atom. The lowest BCUT2D eigenvalue weighted by Crippen LogP contribution is -2.15. The van der Waals surface area contributed by atoms with Crippen molar-refractivity contribution < 1.29 is 9.53 Å². The summed E-state index contributed by atoms with van der Waals surface area (Å²) in [6, 6.07) is 13.3. The molecule has 0 aliphatic carbocycles. The Morgan fingerprint density at radius 1 is 1.26 bits per heavy atom. The number of benzene rings is 2. The third-order valence-electron chi connectivity index (χ3n) is 3.49. The van der Waals surface area contributed by atoms with Crippen LogP contribution >= 0.6 is 0 Å². The number of rotatable bonds is 5. The van der Waals surface area contributed by atoms with Gasteiger partial charge in [-0.2, -0.15) is 0 Å². The van der Waals surface area contributed by atoms with Gasteiger partial charge in [0.1, 0.15) is 11.6 Å². The molecule has 0 fully saturated rings. The highest BCUT2D eigenvalue weighted by Crippen LogP contribution is 2.24. The molecule has 1 amide bonds. The number of imidazole rings is 1. The van der Waals surface area contributed by atoms with Gasteiger partial charge >= 0.3 is 0 Å². The second kappa shape index (κ2) is 6.52. The third-order valence-corrected chi connectivity index (χ3v) is 3.49. The normalized spacial score (nSPS) is 10.7. The fraction of sp³-hybridized carbons (Fsp3) is 0.222. The van der Waals surface area contributed by atoms with Crippen molar-refractivity contribution in [2.45, 2.75) is 20.3 Å². The lowest BCUT2D eigenvalue weighted by atomic mass is 10.1. The molecule has 2 N–H and O–H groups in total. The zero-order chi connectivity index (χ0) is 16.2. The Morgan fingerprint density at radius 2 is 2.09 bits per heavy atom. The van der Waals surface area contributed by atoms with Gasteiger partial charge in [-0.3, -0.25) is 4.79 Å². The number of amides is 1. The number of fused-ring (bicyclic) bond motifs is 1. The van der Waals surface area contributed by atoms with Gasteiger partial charge in [-0.05, 0) is 43.7 Å². The summed E-state index contributed by atoms with van der Waals surface area (Å²) >= 11 is 0. The van der Waals surface area contributed by atoms with Crippen LogP contribution in [0, 0.1) is 6.92 Å². The summed E-state index contributed by atoms with van der Waals surface area (Å²) in [5.74, 6) is 1.47. The van der Waals surface area contributed by atoms with Gasteiger partial charge < -0.3 is 15.0 Å². The van der Waals surface area contributed by atoms with Crippen LogP contribution in [0.3, 0.4) is 0 Å². The van der Waals surface area contributed by atoms with E-state index in [-0.39, 0.29) is 5.91 Å². The van der Waals surface area contributed by atoms with E-state index >= 15 is 0 Å². The summed E-state index contributed by atoms with van der Waals surface area (Å²) in [5.41, 5.74) is 3.49. The number of nitrogens with one attached hydrogen (secondary N) is 2. The highest BCUT2D eigenvalue weighted by Gasteiger charge is 2.09. The molecule has 1 heterocycles. The summed E-state index contributed by atoms with van der Waals surface area (Å²) in [4.78, 5) is 19.8. The molecule has 5 nitrogen and oxygen atoms in total. The van der Waals surface area contributed by atoms with E-state index in [2.05, 4.69) is 15.3 Å². The third kappa shape index (κ3) is 3.51. The van der Waals surface area contributed by atoms with E-state index in [0.717, 1.165) is 22.4 Å². The van der Waals surface area contributed by atoms with E-state index in [1.165, 1.54) is 0 Å². The number of hydrogen-bond acceptors (Lipinski definition) is 3. The van der Waals surface area contributed by atoms with Gasteiger partial charge in [0.05, 0.1) is 29.7 Å². The Labute approximate surface area is 134 Å². The molecule has 0 spiro atoms. The van der Waals surface area contributed by atoms with E-state index in [4.69, 9.17) is 4.74 Å². The van der Waals surface area contributed by atoms with E-state index in [0.29, 0.717) is 24.5 Å². The average molecular weight is 309 g/mol. The zero-order valence-corrected chi connectivity index (χ0v) is 13.2. The number of H-pyrrole nitrogens is 1. The number of carbonyl (C=O) groups excluding carboxylic acids is 1. The molecule has 5 heteroatoms. The highest BCUT2D eigenvalue weighted by molar-refractivity contribution is 5.94. The van der Waals surface area contributed by atoms with Crippen LogP contribution in [0.1, 0.15) is 18.3 Å². The van der Waals surface area contributed by atoms with E-state index in [1.807, 2.05) is 56.3 Å². The monoisotopic (exact) mass is 309 g/mol. The molecule has 118 valence electrons. The number of para-hydroxylation sites is 2.